The zero-order valence-corrected chi connectivity index (χ0v) is 16.0. The average molecular weight is 347 g/mol. The number of nitrogens with zero attached hydrogens (tertiary/aromatic N) is 3. The predicted molar refractivity (Wildman–Crippen MR) is 101 cm³/mol. The van der Waals surface area contributed by atoms with Crippen LogP contribution in [0.1, 0.15) is 69.8 Å². The molecular weight excluding hydrogens is 312 g/mol. The van der Waals surface area contributed by atoms with Gasteiger partial charge in [0, 0.05) is 44.0 Å². The summed E-state index contributed by atoms with van der Waals surface area (Å²) in [6.45, 7) is 7.16. The summed E-state index contributed by atoms with van der Waals surface area (Å²) in [7, 11) is 0. The lowest BCUT2D eigenvalue weighted by molar-refractivity contribution is 0.158. The maximum atomic E-state index is 12.6. The second-order valence-electron chi connectivity index (χ2n) is 7.91. The van der Waals surface area contributed by atoms with Crippen molar-refractivity contribution in [2.45, 2.75) is 84.2 Å². The van der Waals surface area contributed by atoms with Crippen molar-refractivity contribution in [3.63, 3.8) is 0 Å². The Kier molecular flexibility index (Phi) is 6.38. The molecule has 2 fully saturated rings. The summed E-state index contributed by atoms with van der Waals surface area (Å²) in [6, 6.07) is 0.553. The highest BCUT2D eigenvalue weighted by atomic mass is 16.2. The highest BCUT2D eigenvalue weighted by molar-refractivity contribution is 5.74. The summed E-state index contributed by atoms with van der Waals surface area (Å²) in [5.41, 5.74) is 1.25. The van der Waals surface area contributed by atoms with E-state index in [0.29, 0.717) is 12.0 Å². The molecule has 1 N–H and O–H groups in total. The monoisotopic (exact) mass is 346 g/mol. The van der Waals surface area contributed by atoms with Gasteiger partial charge in [-0.15, -0.1) is 0 Å². The standard InChI is InChI=1S/C20H34N4O/c1-3-11-24-16(2)14-21-19(24)13-17-8-7-12-23(15-17)20(25)22-18-9-5-4-6-10-18/h14,17-18H,3-13,15H2,1-2H3,(H,22,25). The van der Waals surface area contributed by atoms with Gasteiger partial charge in [-0.2, -0.15) is 0 Å². The van der Waals surface area contributed by atoms with Gasteiger partial charge in [-0.05, 0) is 44.9 Å². The van der Waals surface area contributed by atoms with Crippen molar-refractivity contribution in [2.24, 2.45) is 5.92 Å². The van der Waals surface area contributed by atoms with Crippen molar-refractivity contribution in [2.75, 3.05) is 13.1 Å². The highest BCUT2D eigenvalue weighted by Gasteiger charge is 2.26. The normalized spacial score (nSPS) is 22.2. The molecule has 2 aliphatic rings. The summed E-state index contributed by atoms with van der Waals surface area (Å²) in [5, 5.41) is 3.27. The Balaban J connectivity index is 1.54. The van der Waals surface area contributed by atoms with Crippen molar-refractivity contribution in [3.8, 4) is 0 Å². The largest absolute Gasteiger partial charge is 0.335 e. The number of aryl methyl sites for hydroxylation is 1. The molecule has 0 aromatic carbocycles. The van der Waals surface area contributed by atoms with Crippen LogP contribution >= 0.6 is 0 Å². The molecule has 2 heterocycles. The van der Waals surface area contributed by atoms with Crippen LogP contribution in [0.5, 0.6) is 0 Å². The lowest BCUT2D eigenvalue weighted by Crippen LogP contribution is -2.49. The molecule has 1 aliphatic carbocycles. The van der Waals surface area contributed by atoms with E-state index < -0.39 is 0 Å². The van der Waals surface area contributed by atoms with E-state index in [1.165, 1.54) is 37.2 Å². The number of hydrogen-bond acceptors (Lipinski definition) is 2. The number of likely N-dealkylation sites (tertiary alicyclic amines) is 1. The minimum Gasteiger partial charge on any atom is -0.335 e. The Labute approximate surface area is 152 Å². The smallest absolute Gasteiger partial charge is 0.317 e. The first kappa shape index (κ1) is 18.3. The Morgan fingerprint density at radius 2 is 2.04 bits per heavy atom. The molecule has 0 spiro atoms. The van der Waals surface area contributed by atoms with Crippen LogP contribution < -0.4 is 5.32 Å². The minimum absolute atomic E-state index is 0.157. The van der Waals surface area contributed by atoms with Crippen LogP contribution in [0.2, 0.25) is 0 Å². The van der Waals surface area contributed by atoms with Crippen molar-refractivity contribution >= 4 is 6.03 Å². The van der Waals surface area contributed by atoms with Crippen LogP contribution in [0.4, 0.5) is 4.79 Å². The fourth-order valence-electron chi connectivity index (χ4n) is 4.39. The van der Waals surface area contributed by atoms with Gasteiger partial charge in [-0.1, -0.05) is 26.2 Å². The first-order valence-electron chi connectivity index (χ1n) is 10.2. The fraction of sp³-hybridized carbons (Fsp3) is 0.800. The van der Waals surface area contributed by atoms with Gasteiger partial charge in [0.05, 0.1) is 0 Å². The zero-order valence-electron chi connectivity index (χ0n) is 16.0. The number of imidazole rings is 1. The maximum Gasteiger partial charge on any atom is 0.317 e. The van der Waals surface area contributed by atoms with E-state index in [-0.39, 0.29) is 6.03 Å². The third kappa shape index (κ3) is 4.77. The first-order chi connectivity index (χ1) is 12.2. The van der Waals surface area contributed by atoms with E-state index >= 15 is 0 Å². The van der Waals surface area contributed by atoms with Crippen LogP contribution in [-0.4, -0.2) is 39.6 Å². The zero-order chi connectivity index (χ0) is 17.6. The molecule has 2 amide bonds. The molecule has 5 heteroatoms. The Bertz CT molecular complexity index is 562. The topological polar surface area (TPSA) is 50.2 Å². The van der Waals surface area contributed by atoms with E-state index in [9.17, 15) is 4.79 Å². The molecule has 5 nitrogen and oxygen atoms in total. The molecule has 0 radical (unpaired) electrons. The van der Waals surface area contributed by atoms with Gasteiger partial charge in [0.2, 0.25) is 0 Å². The van der Waals surface area contributed by atoms with Crippen LogP contribution in [0.3, 0.4) is 0 Å². The van der Waals surface area contributed by atoms with Gasteiger partial charge in [-0.25, -0.2) is 9.78 Å². The molecule has 1 atom stereocenters. The number of nitrogens with one attached hydrogen (secondary N) is 1. The van der Waals surface area contributed by atoms with Gasteiger partial charge >= 0.3 is 6.03 Å². The average Bonchev–Trinajstić information content (AvgIpc) is 2.97. The maximum absolute atomic E-state index is 12.6. The highest BCUT2D eigenvalue weighted by Crippen LogP contribution is 2.22. The Morgan fingerprint density at radius 1 is 1.24 bits per heavy atom. The molecular formula is C20H34N4O. The quantitative estimate of drug-likeness (QED) is 0.879. The molecule has 1 saturated carbocycles. The Morgan fingerprint density at radius 3 is 2.80 bits per heavy atom. The molecule has 1 aliphatic heterocycles. The van der Waals surface area contributed by atoms with E-state index in [4.69, 9.17) is 0 Å². The molecule has 1 unspecified atom stereocenters. The van der Waals surface area contributed by atoms with Crippen LogP contribution in [-0.2, 0) is 13.0 Å². The number of urea groups is 1. The number of aromatic nitrogens is 2. The number of hydrogen-bond donors (Lipinski definition) is 1. The van der Waals surface area contributed by atoms with Crippen LogP contribution in [0.15, 0.2) is 6.20 Å². The number of rotatable bonds is 5. The molecule has 0 bridgehead atoms. The van der Waals surface area contributed by atoms with Gasteiger partial charge in [0.25, 0.3) is 0 Å². The predicted octanol–water partition coefficient (Wildman–Crippen LogP) is 3.90. The fourth-order valence-corrected chi connectivity index (χ4v) is 4.39. The lowest BCUT2D eigenvalue weighted by Gasteiger charge is -2.34. The van der Waals surface area contributed by atoms with E-state index in [0.717, 1.165) is 51.7 Å². The van der Waals surface area contributed by atoms with Crippen molar-refractivity contribution in [1.82, 2.24) is 19.8 Å². The molecule has 140 valence electrons. The van der Waals surface area contributed by atoms with Gasteiger partial charge in [0.15, 0.2) is 0 Å². The lowest BCUT2D eigenvalue weighted by atomic mass is 9.94. The molecule has 1 aromatic rings. The summed E-state index contributed by atoms with van der Waals surface area (Å²) in [6.07, 6.45) is 12.5. The van der Waals surface area contributed by atoms with E-state index in [2.05, 4.69) is 28.7 Å². The SMILES string of the molecule is CCCn1c(C)cnc1CC1CCCN(C(=O)NC2CCCCC2)C1. The third-order valence-electron chi connectivity index (χ3n) is 5.80. The third-order valence-corrected chi connectivity index (χ3v) is 5.80. The van der Waals surface area contributed by atoms with Crippen molar-refractivity contribution in [3.05, 3.63) is 17.7 Å². The second kappa shape index (κ2) is 8.72. The van der Waals surface area contributed by atoms with E-state index in [1.807, 2.05) is 11.1 Å². The second-order valence-corrected chi connectivity index (χ2v) is 7.91. The number of carbonyl (C=O) groups excluding carboxylic acids is 1. The Hall–Kier alpha value is -1.52. The van der Waals surface area contributed by atoms with Gasteiger partial charge in [-0.3, -0.25) is 0 Å². The summed E-state index contributed by atoms with van der Waals surface area (Å²) >= 11 is 0. The summed E-state index contributed by atoms with van der Waals surface area (Å²) in [4.78, 5) is 19.3. The number of amides is 2. The molecule has 1 aromatic heterocycles. The summed E-state index contributed by atoms with van der Waals surface area (Å²) < 4.78 is 2.35. The van der Waals surface area contributed by atoms with Crippen molar-refractivity contribution in [1.29, 1.82) is 0 Å². The molecule has 25 heavy (non-hydrogen) atoms. The summed E-state index contributed by atoms with van der Waals surface area (Å²) in [5.74, 6) is 1.72. The number of piperidine rings is 1. The van der Waals surface area contributed by atoms with Crippen LogP contribution in [0, 0.1) is 12.8 Å². The van der Waals surface area contributed by atoms with Crippen molar-refractivity contribution < 1.29 is 4.79 Å². The van der Waals surface area contributed by atoms with E-state index in [1.54, 1.807) is 0 Å². The molecule has 1 saturated heterocycles. The van der Waals surface area contributed by atoms with Gasteiger partial charge < -0.3 is 14.8 Å². The molecule has 3 rings (SSSR count). The van der Waals surface area contributed by atoms with Crippen LogP contribution in [0.25, 0.3) is 0 Å². The number of carbonyl (C=O) groups is 1. The first-order valence-corrected chi connectivity index (χ1v) is 10.2. The minimum atomic E-state index is 0.157. The van der Waals surface area contributed by atoms with Gasteiger partial charge in [0.1, 0.15) is 5.82 Å².